The first kappa shape index (κ1) is 39.5. The highest BCUT2D eigenvalue weighted by atomic mass is 16.7. The summed E-state index contributed by atoms with van der Waals surface area (Å²) in [5.41, 5.74) is 0.742. The number of cyclic esters (lactones) is 1. The fraction of sp³-hybridized carbons (Fsp3) is 0.765. The van der Waals surface area contributed by atoms with Gasteiger partial charge in [-0.05, 0) is 52.8 Å². The van der Waals surface area contributed by atoms with Crippen molar-refractivity contribution in [3.8, 4) is 0 Å². The van der Waals surface area contributed by atoms with Gasteiger partial charge >= 0.3 is 17.9 Å². The zero-order valence-electron chi connectivity index (χ0n) is 29.0. The lowest BCUT2D eigenvalue weighted by Crippen LogP contribution is -2.65. The average Bonchev–Trinajstić information content (AvgIpc) is 2.96. The zero-order valence-corrected chi connectivity index (χ0v) is 29.0. The fourth-order valence-electron chi connectivity index (χ4n) is 6.42. The number of ketones is 1. The molecule has 5 unspecified atom stereocenters. The lowest BCUT2D eigenvalue weighted by molar-refractivity contribution is -0.307. The Morgan fingerprint density at radius 3 is 2.15 bits per heavy atom. The highest BCUT2D eigenvalue weighted by molar-refractivity contribution is 5.91. The summed E-state index contributed by atoms with van der Waals surface area (Å²) in [6, 6.07) is -0.634. The van der Waals surface area contributed by atoms with E-state index in [1.54, 1.807) is 45.0 Å². The van der Waals surface area contributed by atoms with Crippen LogP contribution in [0.4, 0.5) is 0 Å². The van der Waals surface area contributed by atoms with Gasteiger partial charge in [-0.25, -0.2) is 0 Å². The first-order valence-corrected chi connectivity index (χ1v) is 16.2. The molecule has 1 saturated heterocycles. The third-order valence-corrected chi connectivity index (χ3v) is 8.88. The first-order chi connectivity index (χ1) is 21.5. The molecule has 0 aromatic carbocycles. The number of allylic oxidation sites excluding steroid dienone is 3. The van der Waals surface area contributed by atoms with Gasteiger partial charge in [-0.2, -0.15) is 0 Å². The van der Waals surface area contributed by atoms with Crippen LogP contribution >= 0.6 is 0 Å². The van der Waals surface area contributed by atoms with Crippen LogP contribution in [0.25, 0.3) is 0 Å². The quantitative estimate of drug-likeness (QED) is 0.306. The molecular formula is C34H55NO11. The predicted octanol–water partition coefficient (Wildman–Crippen LogP) is 2.97. The second-order valence-corrected chi connectivity index (χ2v) is 13.1. The number of aliphatic hydroxyl groups excluding tert-OH is 2. The fourth-order valence-corrected chi connectivity index (χ4v) is 6.42. The lowest BCUT2D eigenvalue weighted by atomic mass is 9.82. The summed E-state index contributed by atoms with van der Waals surface area (Å²) in [7, 11) is 3.53. The molecule has 0 aromatic rings. The minimum Gasteiger partial charge on any atom is -0.462 e. The van der Waals surface area contributed by atoms with Crippen LogP contribution in [-0.4, -0.2) is 108 Å². The minimum atomic E-state index is -1.20. The third kappa shape index (κ3) is 11.0. The maximum absolute atomic E-state index is 13.2. The van der Waals surface area contributed by atoms with E-state index in [4.69, 9.17) is 23.7 Å². The second-order valence-electron chi connectivity index (χ2n) is 13.1. The molecule has 0 bridgehead atoms. The lowest BCUT2D eigenvalue weighted by Gasteiger charge is -2.48. The molecule has 2 aliphatic heterocycles. The summed E-state index contributed by atoms with van der Waals surface area (Å²) >= 11 is 0. The maximum atomic E-state index is 13.2. The van der Waals surface area contributed by atoms with E-state index in [9.17, 15) is 29.4 Å². The van der Waals surface area contributed by atoms with Crippen molar-refractivity contribution >= 4 is 23.7 Å². The summed E-state index contributed by atoms with van der Waals surface area (Å²) < 4.78 is 29.9. The van der Waals surface area contributed by atoms with Crippen molar-refractivity contribution in [1.29, 1.82) is 0 Å². The molecule has 0 spiro atoms. The predicted molar refractivity (Wildman–Crippen MR) is 169 cm³/mol. The van der Waals surface area contributed by atoms with Crippen molar-refractivity contribution in [3.63, 3.8) is 0 Å². The number of esters is 3. The molecule has 2 aliphatic rings. The van der Waals surface area contributed by atoms with E-state index in [0.717, 1.165) is 5.57 Å². The Morgan fingerprint density at radius 1 is 1.00 bits per heavy atom. The number of carbonyl (C=O) groups is 4. The van der Waals surface area contributed by atoms with E-state index in [1.165, 1.54) is 19.9 Å². The molecule has 46 heavy (non-hydrogen) atoms. The van der Waals surface area contributed by atoms with Gasteiger partial charge in [0.05, 0.1) is 37.4 Å². The van der Waals surface area contributed by atoms with Gasteiger partial charge < -0.3 is 33.9 Å². The molecule has 12 atom stereocenters. The Balaban J connectivity index is 2.54. The Morgan fingerprint density at radius 2 is 1.61 bits per heavy atom. The maximum Gasteiger partial charge on any atom is 0.308 e. The SMILES string of the molecule is CC[C@H]1OC(=O)C[C@@H](O)[C@H](C)[C@@H](OC2OC(C)C(OC(C)=O)C(N(C)C)C2OC(C)=O)[C@@H](C)C[C@@H](C)C(=O)/C=C/C(C)=C/[C@@H]1CO. The van der Waals surface area contributed by atoms with Crippen LogP contribution in [0.3, 0.4) is 0 Å². The normalized spacial score (nSPS) is 38.8. The van der Waals surface area contributed by atoms with Crippen LogP contribution in [0.2, 0.25) is 0 Å². The van der Waals surface area contributed by atoms with Crippen LogP contribution in [0.1, 0.15) is 74.7 Å². The Labute approximate surface area is 273 Å². The second kappa shape index (κ2) is 18.1. The number of ether oxygens (including phenoxy) is 5. The Hall–Kier alpha value is -2.64. The Bertz CT molecular complexity index is 1100. The molecule has 262 valence electrons. The van der Waals surface area contributed by atoms with Gasteiger partial charge in [0.1, 0.15) is 12.2 Å². The van der Waals surface area contributed by atoms with Gasteiger partial charge in [-0.15, -0.1) is 0 Å². The van der Waals surface area contributed by atoms with E-state index in [2.05, 4.69) is 0 Å². The molecule has 0 aliphatic carbocycles. The number of rotatable bonds is 7. The summed E-state index contributed by atoms with van der Waals surface area (Å²) in [6.07, 6.45) is -0.732. The number of aliphatic hydroxyl groups is 2. The highest BCUT2D eigenvalue weighted by Crippen LogP contribution is 2.35. The van der Waals surface area contributed by atoms with Crippen molar-refractivity contribution < 1.29 is 53.1 Å². The van der Waals surface area contributed by atoms with Crippen molar-refractivity contribution in [2.45, 2.75) is 124 Å². The molecule has 0 saturated carbocycles. The van der Waals surface area contributed by atoms with Crippen LogP contribution in [0.15, 0.2) is 23.8 Å². The largest absolute Gasteiger partial charge is 0.462 e. The standard InChI is InChI=1S/C34H55NO11/c1-11-28-25(17-36)14-18(2)12-13-26(39)19(3)15-20(4)31(21(5)27(40)16-29(41)45-28)46-34-33(44-24(8)38)30(35(9)10)32(22(6)42-34)43-23(7)37/h12-14,19-22,25,27-28,30-34,36,40H,11,15-17H2,1-10H3/b13-12+,18-14+/t19-,20+,21+,22?,25-,27-,28-,30?,31+,32?,33?,34?/m1/s1. The molecule has 0 amide bonds. The molecule has 1 fully saturated rings. The van der Waals surface area contributed by atoms with Crippen molar-refractivity contribution in [1.82, 2.24) is 4.90 Å². The first-order valence-electron chi connectivity index (χ1n) is 16.2. The van der Waals surface area contributed by atoms with Gasteiger partial charge in [0.25, 0.3) is 0 Å². The zero-order chi connectivity index (χ0) is 34.9. The number of carbonyl (C=O) groups excluding carboxylic acids is 4. The minimum absolute atomic E-state index is 0.102. The molecule has 12 heteroatoms. The highest BCUT2D eigenvalue weighted by Gasteiger charge is 2.51. The molecular weight excluding hydrogens is 598 g/mol. The average molecular weight is 654 g/mol. The summed E-state index contributed by atoms with van der Waals surface area (Å²) in [6.45, 7) is 13.1. The van der Waals surface area contributed by atoms with Crippen molar-refractivity contribution in [2.24, 2.45) is 23.7 Å². The molecule has 0 aromatic heterocycles. The molecule has 2 N–H and O–H groups in total. The van der Waals surface area contributed by atoms with Gasteiger partial charge in [0.2, 0.25) is 0 Å². The van der Waals surface area contributed by atoms with E-state index < -0.39 is 84.6 Å². The van der Waals surface area contributed by atoms with E-state index >= 15 is 0 Å². The molecule has 0 radical (unpaired) electrons. The molecule has 12 nitrogen and oxygen atoms in total. The van der Waals surface area contributed by atoms with E-state index in [0.29, 0.717) is 12.8 Å². The summed E-state index contributed by atoms with van der Waals surface area (Å²) in [5.74, 6) is -3.73. The molecule has 2 heterocycles. The van der Waals surface area contributed by atoms with E-state index in [-0.39, 0.29) is 24.7 Å². The molecule has 2 rings (SSSR count). The third-order valence-electron chi connectivity index (χ3n) is 8.88. The smallest absolute Gasteiger partial charge is 0.308 e. The van der Waals surface area contributed by atoms with Crippen molar-refractivity contribution in [2.75, 3.05) is 20.7 Å². The van der Waals surface area contributed by atoms with Gasteiger partial charge in [-0.1, -0.05) is 45.4 Å². The topological polar surface area (TPSA) is 158 Å². The van der Waals surface area contributed by atoms with Crippen LogP contribution in [0.5, 0.6) is 0 Å². The number of nitrogens with zero attached hydrogens (tertiary/aromatic N) is 1. The van der Waals surface area contributed by atoms with Crippen LogP contribution in [0, 0.1) is 23.7 Å². The van der Waals surface area contributed by atoms with Gasteiger partial charge in [0.15, 0.2) is 18.2 Å². The number of hydrogen-bond donors (Lipinski definition) is 2. The van der Waals surface area contributed by atoms with Gasteiger partial charge in [0, 0.05) is 31.6 Å². The summed E-state index contributed by atoms with van der Waals surface area (Å²) in [4.78, 5) is 52.3. The van der Waals surface area contributed by atoms with Gasteiger partial charge in [-0.3, -0.25) is 24.1 Å². The Kier molecular flexibility index (Phi) is 15.5. The van der Waals surface area contributed by atoms with Crippen LogP contribution < -0.4 is 0 Å². The van der Waals surface area contributed by atoms with E-state index in [1.807, 2.05) is 27.7 Å². The van der Waals surface area contributed by atoms with Crippen LogP contribution in [-0.2, 0) is 42.9 Å². The number of hydrogen-bond acceptors (Lipinski definition) is 12. The monoisotopic (exact) mass is 653 g/mol. The number of likely N-dealkylation sites (N-methyl/N-ethyl adjacent to an activating group) is 1. The summed E-state index contributed by atoms with van der Waals surface area (Å²) in [5, 5.41) is 21.4. The van der Waals surface area contributed by atoms with Crippen molar-refractivity contribution in [3.05, 3.63) is 23.8 Å².